The molecule has 0 aromatic heterocycles. The minimum Gasteiger partial charge on any atom is -0.481 e. The van der Waals surface area contributed by atoms with E-state index in [4.69, 9.17) is 5.11 Å². The number of hydrogen-bond donors (Lipinski definition) is 2. The van der Waals surface area contributed by atoms with Crippen LogP contribution in [0.1, 0.15) is 44.9 Å². The van der Waals surface area contributed by atoms with Crippen LogP contribution in [0.25, 0.3) is 0 Å². The molecule has 0 aromatic carbocycles. The van der Waals surface area contributed by atoms with Gasteiger partial charge in [0.1, 0.15) is 0 Å². The Morgan fingerprint density at radius 2 is 1.62 bits per heavy atom. The van der Waals surface area contributed by atoms with Gasteiger partial charge < -0.3 is 10.4 Å². The van der Waals surface area contributed by atoms with Crippen LogP contribution in [0, 0.1) is 11.8 Å². The summed E-state index contributed by atoms with van der Waals surface area (Å²) < 4.78 is 0. The molecule has 0 bridgehead atoms. The Bertz CT molecular complexity index is 282. The van der Waals surface area contributed by atoms with Crippen LogP contribution in [0.5, 0.6) is 0 Å². The third-order valence-electron chi connectivity index (χ3n) is 3.65. The molecule has 0 aromatic rings. The Labute approximate surface area is 95.4 Å². The van der Waals surface area contributed by atoms with Crippen LogP contribution in [0.4, 0.5) is 0 Å². The molecule has 2 saturated carbocycles. The number of aliphatic carboxylic acids is 1. The van der Waals surface area contributed by atoms with Gasteiger partial charge in [0.2, 0.25) is 5.91 Å². The molecule has 0 saturated heterocycles. The zero-order valence-electron chi connectivity index (χ0n) is 9.45. The van der Waals surface area contributed by atoms with Gasteiger partial charge in [-0.3, -0.25) is 9.59 Å². The number of carbonyl (C=O) groups excluding carboxylic acids is 1. The van der Waals surface area contributed by atoms with Gasteiger partial charge in [-0.2, -0.15) is 0 Å². The van der Waals surface area contributed by atoms with E-state index in [0.29, 0.717) is 6.42 Å². The molecule has 90 valence electrons. The number of carbonyl (C=O) groups is 2. The molecule has 0 unspecified atom stereocenters. The van der Waals surface area contributed by atoms with Crippen LogP contribution in [-0.4, -0.2) is 23.0 Å². The lowest BCUT2D eigenvalue weighted by atomic mass is 10.1. The number of carboxylic acid groups (broad SMARTS) is 1. The van der Waals surface area contributed by atoms with Gasteiger partial charge in [0, 0.05) is 6.04 Å². The summed E-state index contributed by atoms with van der Waals surface area (Å²) >= 11 is 0. The highest BCUT2D eigenvalue weighted by atomic mass is 16.4. The Kier molecular flexibility index (Phi) is 3.46. The summed E-state index contributed by atoms with van der Waals surface area (Å²) in [5.41, 5.74) is 0. The maximum atomic E-state index is 11.7. The molecule has 0 heterocycles. The molecule has 2 aliphatic carbocycles. The highest BCUT2D eigenvalue weighted by molar-refractivity contribution is 5.89. The quantitative estimate of drug-likeness (QED) is 0.716. The zero-order chi connectivity index (χ0) is 11.5. The van der Waals surface area contributed by atoms with E-state index >= 15 is 0 Å². The first-order chi connectivity index (χ1) is 7.68. The van der Waals surface area contributed by atoms with Crippen molar-refractivity contribution in [3.8, 4) is 0 Å². The predicted octanol–water partition coefficient (Wildman–Crippen LogP) is 1.55. The van der Waals surface area contributed by atoms with Crippen molar-refractivity contribution >= 4 is 11.9 Å². The lowest BCUT2D eigenvalue weighted by Gasteiger charge is -2.15. The Balaban J connectivity index is 1.76. The molecule has 16 heavy (non-hydrogen) atoms. The monoisotopic (exact) mass is 225 g/mol. The first-order valence-electron chi connectivity index (χ1n) is 6.21. The second kappa shape index (κ2) is 4.85. The lowest BCUT2D eigenvalue weighted by Crippen LogP contribution is -2.36. The summed E-state index contributed by atoms with van der Waals surface area (Å²) in [5, 5.41) is 11.7. The van der Waals surface area contributed by atoms with Gasteiger partial charge in [0.05, 0.1) is 11.8 Å². The molecule has 2 aliphatic rings. The number of nitrogens with one attached hydrogen (secondary N) is 1. The fraction of sp³-hybridized carbons (Fsp3) is 0.833. The number of hydrogen-bond acceptors (Lipinski definition) is 2. The van der Waals surface area contributed by atoms with Crippen LogP contribution >= 0.6 is 0 Å². The van der Waals surface area contributed by atoms with Crippen molar-refractivity contribution < 1.29 is 14.7 Å². The van der Waals surface area contributed by atoms with Gasteiger partial charge in [-0.05, 0) is 19.3 Å². The molecule has 4 nitrogen and oxygen atoms in total. The van der Waals surface area contributed by atoms with Gasteiger partial charge in [0.15, 0.2) is 0 Å². The number of rotatable bonds is 3. The van der Waals surface area contributed by atoms with E-state index in [-0.39, 0.29) is 17.9 Å². The zero-order valence-corrected chi connectivity index (χ0v) is 9.45. The molecular weight excluding hydrogens is 206 g/mol. The van der Waals surface area contributed by atoms with Crippen LogP contribution in [0.15, 0.2) is 0 Å². The maximum absolute atomic E-state index is 11.7. The first kappa shape index (κ1) is 11.4. The van der Waals surface area contributed by atoms with Crippen molar-refractivity contribution in [1.29, 1.82) is 0 Å². The second-order valence-electron chi connectivity index (χ2n) is 4.98. The molecule has 2 fully saturated rings. The van der Waals surface area contributed by atoms with Crippen LogP contribution in [-0.2, 0) is 9.59 Å². The van der Waals surface area contributed by atoms with E-state index in [1.807, 2.05) is 0 Å². The highest BCUT2D eigenvalue weighted by Crippen LogP contribution is 2.38. The number of amides is 1. The van der Waals surface area contributed by atoms with Crippen LogP contribution < -0.4 is 5.32 Å². The van der Waals surface area contributed by atoms with E-state index in [2.05, 4.69) is 5.32 Å². The minimum atomic E-state index is -0.832. The van der Waals surface area contributed by atoms with Crippen LogP contribution in [0.3, 0.4) is 0 Å². The Hall–Kier alpha value is -1.06. The predicted molar refractivity (Wildman–Crippen MR) is 58.9 cm³/mol. The maximum Gasteiger partial charge on any atom is 0.307 e. The smallest absolute Gasteiger partial charge is 0.307 e. The summed E-state index contributed by atoms with van der Waals surface area (Å²) in [4.78, 5) is 22.4. The van der Waals surface area contributed by atoms with Gasteiger partial charge in [-0.1, -0.05) is 25.7 Å². The standard InChI is InChI=1S/C12H19NO3/c14-11(9-7-10(9)12(15)16)13-8-5-3-1-2-4-6-8/h8-10H,1-7H2,(H,13,14)(H,15,16)/t9-,10+/m1/s1. The van der Waals surface area contributed by atoms with Crippen molar-refractivity contribution in [1.82, 2.24) is 5.32 Å². The average Bonchev–Trinajstić information content (AvgIpc) is 3.02. The fourth-order valence-electron chi connectivity index (χ4n) is 2.49. The fourth-order valence-corrected chi connectivity index (χ4v) is 2.49. The van der Waals surface area contributed by atoms with Gasteiger partial charge >= 0.3 is 5.97 Å². The molecule has 0 aliphatic heterocycles. The molecular formula is C12H19NO3. The van der Waals surface area contributed by atoms with E-state index in [9.17, 15) is 9.59 Å². The van der Waals surface area contributed by atoms with Crippen molar-refractivity contribution in [2.45, 2.75) is 51.0 Å². The molecule has 0 spiro atoms. The molecule has 1 amide bonds. The topological polar surface area (TPSA) is 66.4 Å². The average molecular weight is 225 g/mol. The van der Waals surface area contributed by atoms with E-state index in [0.717, 1.165) is 12.8 Å². The molecule has 2 atom stereocenters. The first-order valence-corrected chi connectivity index (χ1v) is 6.21. The SMILES string of the molecule is O=C(O)[C@H]1C[C@H]1C(=O)NC1CCCCCC1. The lowest BCUT2D eigenvalue weighted by molar-refractivity contribution is -0.140. The van der Waals surface area contributed by atoms with Crippen LogP contribution in [0.2, 0.25) is 0 Å². The second-order valence-corrected chi connectivity index (χ2v) is 4.98. The minimum absolute atomic E-state index is 0.0423. The van der Waals surface area contributed by atoms with Crippen molar-refractivity contribution in [2.75, 3.05) is 0 Å². The number of carboxylic acids is 1. The molecule has 2 rings (SSSR count). The normalized spacial score (nSPS) is 30.5. The van der Waals surface area contributed by atoms with E-state index < -0.39 is 11.9 Å². The highest BCUT2D eigenvalue weighted by Gasteiger charge is 2.48. The van der Waals surface area contributed by atoms with E-state index in [1.165, 1.54) is 25.7 Å². The summed E-state index contributed by atoms with van der Waals surface area (Å²) in [7, 11) is 0. The molecule has 0 radical (unpaired) electrons. The summed E-state index contributed by atoms with van der Waals surface area (Å²) in [6, 6.07) is 0.282. The van der Waals surface area contributed by atoms with Gasteiger partial charge in [-0.25, -0.2) is 0 Å². The third kappa shape index (κ3) is 2.74. The Morgan fingerprint density at radius 1 is 1.00 bits per heavy atom. The third-order valence-corrected chi connectivity index (χ3v) is 3.65. The Morgan fingerprint density at radius 3 is 2.12 bits per heavy atom. The van der Waals surface area contributed by atoms with Gasteiger partial charge in [-0.15, -0.1) is 0 Å². The van der Waals surface area contributed by atoms with Crippen molar-refractivity contribution in [3.63, 3.8) is 0 Å². The summed E-state index contributed by atoms with van der Waals surface area (Å²) in [5.74, 6) is -1.56. The summed E-state index contributed by atoms with van der Waals surface area (Å²) in [6.07, 6.45) is 7.50. The molecule has 4 heteroatoms. The van der Waals surface area contributed by atoms with E-state index in [1.54, 1.807) is 0 Å². The van der Waals surface area contributed by atoms with Crippen molar-refractivity contribution in [3.05, 3.63) is 0 Å². The summed E-state index contributed by atoms with van der Waals surface area (Å²) in [6.45, 7) is 0. The molecule has 2 N–H and O–H groups in total. The largest absolute Gasteiger partial charge is 0.481 e. The van der Waals surface area contributed by atoms with Crippen molar-refractivity contribution in [2.24, 2.45) is 11.8 Å². The van der Waals surface area contributed by atoms with Gasteiger partial charge in [0.25, 0.3) is 0 Å².